The van der Waals surface area contributed by atoms with Crippen molar-refractivity contribution in [3.63, 3.8) is 0 Å². The molecular weight excluding hydrogens is 260 g/mol. The molecule has 0 amide bonds. The average Bonchev–Trinajstić information content (AvgIpc) is 2.44. The van der Waals surface area contributed by atoms with Crippen molar-refractivity contribution >= 4 is 0 Å². The van der Waals surface area contributed by atoms with E-state index >= 15 is 0 Å². The van der Waals surface area contributed by atoms with Gasteiger partial charge in [-0.15, -0.1) is 0 Å². The van der Waals surface area contributed by atoms with Crippen molar-refractivity contribution in [2.45, 2.75) is 58.7 Å². The van der Waals surface area contributed by atoms with Crippen LogP contribution in [-0.4, -0.2) is 35.2 Å². The molecule has 1 fully saturated rings. The summed E-state index contributed by atoms with van der Waals surface area (Å²) in [7, 11) is 0. The Morgan fingerprint density at radius 2 is 2.00 bits per heavy atom. The fraction of sp³-hybridized carbons (Fsp3) is 0.667. The summed E-state index contributed by atoms with van der Waals surface area (Å²) in [4.78, 5) is 2.62. The van der Waals surface area contributed by atoms with Gasteiger partial charge in [0, 0.05) is 31.7 Å². The molecule has 1 aliphatic rings. The highest BCUT2D eigenvalue weighted by molar-refractivity contribution is 5.25. The molecule has 2 unspecified atom stereocenters. The van der Waals surface area contributed by atoms with E-state index in [1.54, 1.807) is 12.1 Å². The first kappa shape index (κ1) is 16.3. The third-order valence-corrected chi connectivity index (χ3v) is 4.31. The predicted molar refractivity (Wildman–Crippen MR) is 88.5 cm³/mol. The fourth-order valence-electron chi connectivity index (χ4n) is 3.30. The molecule has 0 aliphatic carbocycles. The van der Waals surface area contributed by atoms with Gasteiger partial charge in [-0.1, -0.05) is 39.3 Å². The second kappa shape index (κ2) is 7.81. The summed E-state index contributed by atoms with van der Waals surface area (Å²) >= 11 is 0. The van der Waals surface area contributed by atoms with Gasteiger partial charge in [-0.25, -0.2) is 0 Å². The van der Waals surface area contributed by atoms with Gasteiger partial charge in [-0.3, -0.25) is 4.90 Å². The van der Waals surface area contributed by atoms with Crippen LogP contribution in [0.4, 0.5) is 0 Å². The van der Waals surface area contributed by atoms with E-state index in [-0.39, 0.29) is 0 Å². The van der Waals surface area contributed by atoms with Crippen LogP contribution in [0, 0.1) is 5.92 Å². The Bertz CT molecular complexity index is 416. The highest BCUT2D eigenvalue weighted by Crippen LogP contribution is 2.20. The Kier molecular flexibility index (Phi) is 6.07. The van der Waals surface area contributed by atoms with Crippen LogP contribution >= 0.6 is 0 Å². The largest absolute Gasteiger partial charge is 0.508 e. The Labute approximate surface area is 129 Å². The quantitative estimate of drug-likeness (QED) is 0.843. The molecule has 1 aromatic carbocycles. The molecule has 21 heavy (non-hydrogen) atoms. The molecule has 3 nitrogen and oxygen atoms in total. The third-order valence-electron chi connectivity index (χ3n) is 4.31. The van der Waals surface area contributed by atoms with Crippen LogP contribution in [0.3, 0.4) is 0 Å². The maximum absolute atomic E-state index is 9.42. The SMILES string of the molecule is CCCC1CNC(CC(C)C)CN1Cc1ccc(O)cc1. The molecule has 3 heteroatoms. The first-order chi connectivity index (χ1) is 10.1. The summed E-state index contributed by atoms with van der Waals surface area (Å²) in [6.07, 6.45) is 3.72. The average molecular weight is 290 g/mol. The van der Waals surface area contributed by atoms with Crippen molar-refractivity contribution in [3.05, 3.63) is 29.8 Å². The van der Waals surface area contributed by atoms with Crippen LogP contribution in [0.2, 0.25) is 0 Å². The van der Waals surface area contributed by atoms with Crippen LogP contribution in [0.5, 0.6) is 5.75 Å². The van der Waals surface area contributed by atoms with E-state index in [0.29, 0.717) is 17.8 Å². The van der Waals surface area contributed by atoms with Gasteiger partial charge in [-0.2, -0.15) is 0 Å². The van der Waals surface area contributed by atoms with Gasteiger partial charge in [0.25, 0.3) is 0 Å². The number of phenols is 1. The summed E-state index contributed by atoms with van der Waals surface area (Å²) in [6, 6.07) is 8.90. The molecule has 2 rings (SSSR count). The molecule has 2 N–H and O–H groups in total. The summed E-state index contributed by atoms with van der Waals surface area (Å²) < 4.78 is 0. The Morgan fingerprint density at radius 1 is 1.29 bits per heavy atom. The highest BCUT2D eigenvalue weighted by Gasteiger charge is 2.27. The molecule has 1 saturated heterocycles. The first-order valence-electron chi connectivity index (χ1n) is 8.33. The zero-order valence-corrected chi connectivity index (χ0v) is 13.7. The molecule has 0 saturated carbocycles. The van der Waals surface area contributed by atoms with Crippen molar-refractivity contribution in [1.29, 1.82) is 0 Å². The minimum absolute atomic E-state index is 0.349. The minimum atomic E-state index is 0.349. The second-order valence-electron chi connectivity index (χ2n) is 6.77. The maximum atomic E-state index is 9.42. The number of piperazine rings is 1. The van der Waals surface area contributed by atoms with Crippen molar-refractivity contribution < 1.29 is 5.11 Å². The van der Waals surface area contributed by atoms with E-state index in [1.807, 2.05) is 12.1 Å². The van der Waals surface area contributed by atoms with Crippen molar-refractivity contribution in [1.82, 2.24) is 10.2 Å². The van der Waals surface area contributed by atoms with E-state index in [0.717, 1.165) is 25.6 Å². The first-order valence-corrected chi connectivity index (χ1v) is 8.33. The molecule has 1 aromatic rings. The lowest BCUT2D eigenvalue weighted by molar-refractivity contribution is 0.108. The molecule has 0 aromatic heterocycles. The van der Waals surface area contributed by atoms with Crippen molar-refractivity contribution in [2.75, 3.05) is 13.1 Å². The lowest BCUT2D eigenvalue weighted by atomic mass is 9.97. The van der Waals surface area contributed by atoms with Gasteiger partial charge in [-0.05, 0) is 36.5 Å². The van der Waals surface area contributed by atoms with Gasteiger partial charge in [0.2, 0.25) is 0 Å². The third kappa shape index (κ3) is 5.01. The van der Waals surface area contributed by atoms with E-state index < -0.39 is 0 Å². The van der Waals surface area contributed by atoms with Gasteiger partial charge in [0.1, 0.15) is 5.75 Å². The standard InChI is InChI=1S/C18H30N2O/c1-4-5-17-11-19-16(10-14(2)3)13-20(17)12-15-6-8-18(21)9-7-15/h6-9,14,16-17,19,21H,4-5,10-13H2,1-3H3. The summed E-state index contributed by atoms with van der Waals surface area (Å²) in [6.45, 7) is 10.1. The van der Waals surface area contributed by atoms with Gasteiger partial charge >= 0.3 is 0 Å². The molecule has 0 spiro atoms. The van der Waals surface area contributed by atoms with Crippen molar-refractivity contribution in [2.24, 2.45) is 5.92 Å². The summed E-state index contributed by atoms with van der Waals surface area (Å²) in [5.74, 6) is 1.09. The Balaban J connectivity index is 2.01. The molecule has 2 atom stereocenters. The predicted octanol–water partition coefficient (Wildman–Crippen LogP) is 3.38. The van der Waals surface area contributed by atoms with Crippen LogP contribution in [0.25, 0.3) is 0 Å². The molecular formula is C18H30N2O. The number of rotatable bonds is 6. The molecule has 1 aliphatic heterocycles. The van der Waals surface area contributed by atoms with Crippen LogP contribution in [-0.2, 0) is 6.54 Å². The van der Waals surface area contributed by atoms with Gasteiger partial charge in [0.05, 0.1) is 0 Å². The normalized spacial score (nSPS) is 23.6. The molecule has 0 bridgehead atoms. The van der Waals surface area contributed by atoms with Gasteiger partial charge in [0.15, 0.2) is 0 Å². The van der Waals surface area contributed by atoms with Crippen LogP contribution < -0.4 is 5.32 Å². The van der Waals surface area contributed by atoms with E-state index in [4.69, 9.17) is 0 Å². The zero-order chi connectivity index (χ0) is 15.2. The van der Waals surface area contributed by atoms with Crippen LogP contribution in [0.1, 0.15) is 45.6 Å². The lowest BCUT2D eigenvalue weighted by Gasteiger charge is -2.41. The number of hydrogen-bond donors (Lipinski definition) is 2. The number of aromatic hydroxyl groups is 1. The highest BCUT2D eigenvalue weighted by atomic mass is 16.3. The number of benzene rings is 1. The van der Waals surface area contributed by atoms with Crippen LogP contribution in [0.15, 0.2) is 24.3 Å². The second-order valence-corrected chi connectivity index (χ2v) is 6.77. The molecule has 0 radical (unpaired) electrons. The fourth-order valence-corrected chi connectivity index (χ4v) is 3.30. The Hall–Kier alpha value is -1.06. The lowest BCUT2D eigenvalue weighted by Crippen LogP contribution is -2.56. The molecule has 118 valence electrons. The number of phenolic OH excluding ortho intramolecular Hbond substituents is 1. The van der Waals surface area contributed by atoms with Crippen molar-refractivity contribution in [3.8, 4) is 5.75 Å². The van der Waals surface area contributed by atoms with E-state index in [2.05, 4.69) is 31.0 Å². The maximum Gasteiger partial charge on any atom is 0.115 e. The zero-order valence-electron chi connectivity index (χ0n) is 13.7. The number of nitrogens with one attached hydrogen (secondary N) is 1. The molecule has 1 heterocycles. The van der Waals surface area contributed by atoms with Gasteiger partial charge < -0.3 is 10.4 Å². The van der Waals surface area contributed by atoms with E-state index in [1.165, 1.54) is 24.8 Å². The summed E-state index contributed by atoms with van der Waals surface area (Å²) in [5, 5.41) is 13.1. The summed E-state index contributed by atoms with van der Waals surface area (Å²) in [5.41, 5.74) is 1.29. The van der Waals surface area contributed by atoms with E-state index in [9.17, 15) is 5.11 Å². The smallest absolute Gasteiger partial charge is 0.115 e. The topological polar surface area (TPSA) is 35.5 Å². The monoisotopic (exact) mass is 290 g/mol. The minimum Gasteiger partial charge on any atom is -0.508 e. The Morgan fingerprint density at radius 3 is 2.62 bits per heavy atom. The number of hydrogen-bond acceptors (Lipinski definition) is 3. The number of nitrogens with zero attached hydrogens (tertiary/aromatic N) is 1.